The largest absolute Gasteiger partial charge is 4.00 e. The van der Waals surface area contributed by atoms with Crippen LogP contribution in [0.5, 0.6) is 11.5 Å². The Kier molecular flexibility index (Phi) is 36.3. The third-order valence-electron chi connectivity index (χ3n) is 0.882. The van der Waals surface area contributed by atoms with E-state index < -0.39 is 14.9 Å². The third kappa shape index (κ3) is 29.5. The van der Waals surface area contributed by atoms with E-state index in [0.29, 0.717) is 0 Å². The molecule has 109 valence electrons. The minimum atomic E-state index is -3.04. The molecule has 0 aliphatic carbocycles. The Hall–Kier alpha value is -0.772. The molecule has 0 saturated heterocycles. The molecule has 0 spiro atoms. The molecule has 1 rings (SSSR count). The van der Waals surface area contributed by atoms with Crippen LogP contribution in [0.3, 0.4) is 0 Å². The standard InChI is InChI=1S/C6H6O2.HNO2.2H3N.H3O3Se.Pt/c7-5-3-1-2-4-6(5)8;2-1-3;;;1-4(2)3;/h1-4,7-8H;(H,2,3);2*1H3;1-3H;/q;;;;;+4. The van der Waals surface area contributed by atoms with Crippen LogP contribution < -0.4 is 12.3 Å². The average molecular weight is 516 g/mol. The van der Waals surface area contributed by atoms with Crippen molar-refractivity contribution in [3.63, 3.8) is 0 Å². The van der Waals surface area contributed by atoms with E-state index in [1.165, 1.54) is 17.5 Å². The van der Waals surface area contributed by atoms with Gasteiger partial charge in [-0.05, 0) is 12.1 Å². The van der Waals surface area contributed by atoms with Crippen molar-refractivity contribution in [2.75, 3.05) is 0 Å². The Morgan fingerprint density at radius 3 is 1.22 bits per heavy atom. The molecule has 1 aromatic carbocycles. The Morgan fingerprint density at radius 1 is 0.944 bits per heavy atom. The second kappa shape index (κ2) is 21.5. The number of rotatable bonds is 0. The Bertz CT molecular complexity index is 257. The van der Waals surface area contributed by atoms with E-state index in [9.17, 15) is 0 Å². The Morgan fingerprint density at radius 2 is 1.11 bits per heavy atom. The summed E-state index contributed by atoms with van der Waals surface area (Å²) in [6, 6.07) is 6.15. The summed E-state index contributed by atoms with van der Waals surface area (Å²) in [4.78, 5) is 8.11. The van der Waals surface area contributed by atoms with Gasteiger partial charge in [-0.25, -0.2) is 0 Å². The number of hydrogen-bond acceptors (Lipinski definition) is 9. The second-order valence-electron chi connectivity index (χ2n) is 1.82. The zero-order valence-corrected chi connectivity index (χ0v) is 13.0. The molecule has 0 saturated carbocycles. The third-order valence-corrected chi connectivity index (χ3v) is 0.882. The van der Waals surface area contributed by atoms with Crippen LogP contribution in [0, 0.1) is 4.91 Å². The minimum Gasteiger partial charge on any atom is -0.504 e. The van der Waals surface area contributed by atoms with E-state index in [4.69, 9.17) is 32.9 Å². The van der Waals surface area contributed by atoms with Crippen molar-refractivity contribution in [1.29, 1.82) is 0 Å². The summed E-state index contributed by atoms with van der Waals surface area (Å²) in [7, 11) is 0. The van der Waals surface area contributed by atoms with Gasteiger partial charge in [0, 0.05) is 0 Å². The SMILES string of the molecule is N.N.O=NO.O[Se](O)O.Oc1ccccc1O.[Pt+4]. The molecule has 1 aromatic rings. The van der Waals surface area contributed by atoms with Crippen molar-refractivity contribution in [2.24, 2.45) is 5.34 Å². The van der Waals surface area contributed by atoms with Gasteiger partial charge in [0.2, 0.25) is 0 Å². The number of phenolic OH excluding ortho intramolecular Hbond substituents is 2. The van der Waals surface area contributed by atoms with E-state index in [-0.39, 0.29) is 44.9 Å². The molecule has 0 atom stereocenters. The molecule has 18 heavy (non-hydrogen) atoms. The molecular formula is C6H16N3O7PtSe+4. The molecule has 0 unspecified atom stereocenters. The fourth-order valence-corrected chi connectivity index (χ4v) is 0.464. The molecule has 12 N–H and O–H groups in total. The first-order valence-corrected chi connectivity index (χ1v) is 5.50. The van der Waals surface area contributed by atoms with Gasteiger partial charge in [-0.1, -0.05) is 12.1 Å². The number of aromatic hydroxyl groups is 2. The summed E-state index contributed by atoms with van der Waals surface area (Å²) < 4.78 is 21.9. The molecule has 0 aliphatic rings. The first kappa shape index (κ1) is 30.3. The van der Waals surface area contributed by atoms with Crippen molar-refractivity contribution in [3.8, 4) is 11.5 Å². The number of nitrogens with zero attached hydrogens (tertiary/aromatic N) is 1. The van der Waals surface area contributed by atoms with E-state index in [1.807, 2.05) is 0 Å². The Labute approximate surface area is 122 Å². The topological polar surface area (TPSA) is 221 Å². The summed E-state index contributed by atoms with van der Waals surface area (Å²) in [5.41, 5.74) is 0. The number of phenols is 2. The summed E-state index contributed by atoms with van der Waals surface area (Å²) in [5.74, 6) is -0.153. The van der Waals surface area contributed by atoms with Gasteiger partial charge in [0.15, 0.2) is 16.8 Å². The molecule has 1 radical (unpaired) electrons. The molecule has 0 amide bonds. The molecule has 0 bridgehead atoms. The van der Waals surface area contributed by atoms with Gasteiger partial charge >= 0.3 is 48.5 Å². The monoisotopic (exact) mass is 517 g/mol. The first-order chi connectivity index (χ1) is 6.95. The summed E-state index contributed by atoms with van der Waals surface area (Å²) in [6.07, 6.45) is 0. The maximum absolute atomic E-state index is 8.67. The van der Waals surface area contributed by atoms with Crippen LogP contribution in [0.4, 0.5) is 0 Å². The summed E-state index contributed by atoms with van der Waals surface area (Å²) in [6.45, 7) is 0. The van der Waals surface area contributed by atoms with Gasteiger partial charge < -0.3 is 27.7 Å². The van der Waals surface area contributed by atoms with Crippen LogP contribution in [0.2, 0.25) is 0 Å². The quantitative estimate of drug-likeness (QED) is 0.0963. The number of benzene rings is 1. The maximum atomic E-state index is 8.67. The fourth-order valence-electron chi connectivity index (χ4n) is 0.464. The van der Waals surface area contributed by atoms with Crippen LogP contribution in [0.15, 0.2) is 29.6 Å². The maximum Gasteiger partial charge on any atom is 4.00 e. The zero-order chi connectivity index (χ0) is 12.3. The molecule has 12 heteroatoms. The van der Waals surface area contributed by atoms with Crippen LogP contribution in [-0.2, 0) is 21.1 Å². The van der Waals surface area contributed by atoms with Crippen molar-refractivity contribution >= 4 is 14.9 Å². The fraction of sp³-hybridized carbons (Fsp3) is 0. The summed E-state index contributed by atoms with van der Waals surface area (Å²) in [5, 5.41) is 25.2. The molecule has 0 heterocycles. The molecular weight excluding hydrogens is 500 g/mol. The summed E-state index contributed by atoms with van der Waals surface area (Å²) >= 11 is -3.04. The molecule has 10 nitrogen and oxygen atoms in total. The van der Waals surface area contributed by atoms with Gasteiger partial charge in [0.05, 0.1) is 0 Å². The normalized spacial score (nSPS) is 6.67. The second-order valence-corrected chi connectivity index (χ2v) is 2.84. The van der Waals surface area contributed by atoms with E-state index in [2.05, 4.69) is 0 Å². The van der Waals surface area contributed by atoms with E-state index in [0.717, 1.165) is 0 Å². The predicted octanol–water partition coefficient (Wildman–Crippen LogP) is -0.491. The Balaban J connectivity index is -0.0000000497. The smallest absolute Gasteiger partial charge is 0.504 e. The van der Waals surface area contributed by atoms with Crippen molar-refractivity contribution in [2.45, 2.75) is 0 Å². The van der Waals surface area contributed by atoms with Gasteiger partial charge in [-0.2, -0.15) is 0 Å². The van der Waals surface area contributed by atoms with Crippen molar-refractivity contribution in [1.82, 2.24) is 12.3 Å². The molecule has 0 aromatic heterocycles. The van der Waals surface area contributed by atoms with E-state index in [1.54, 1.807) is 12.1 Å². The predicted molar refractivity (Wildman–Crippen MR) is 59.8 cm³/mol. The van der Waals surface area contributed by atoms with Gasteiger partial charge in [-0.15, -0.1) is 4.91 Å². The van der Waals surface area contributed by atoms with Gasteiger partial charge in [0.1, 0.15) is 0 Å². The number of hydrogen-bond donors (Lipinski definition) is 8. The van der Waals surface area contributed by atoms with Crippen LogP contribution >= 0.6 is 0 Å². The molecule has 0 aliphatic heterocycles. The molecule has 0 fully saturated rings. The zero-order valence-electron chi connectivity index (χ0n) is 8.99. The van der Waals surface area contributed by atoms with Crippen molar-refractivity contribution in [3.05, 3.63) is 29.2 Å². The van der Waals surface area contributed by atoms with Gasteiger partial charge in [-0.3, -0.25) is 0 Å². The first-order valence-electron chi connectivity index (χ1n) is 3.20. The minimum absolute atomic E-state index is 0. The van der Waals surface area contributed by atoms with Crippen LogP contribution in [0.1, 0.15) is 0 Å². The van der Waals surface area contributed by atoms with Crippen molar-refractivity contribution < 1.29 is 49.1 Å². The van der Waals surface area contributed by atoms with Gasteiger partial charge in [0.25, 0.3) is 0 Å². The number of para-hydroxylation sites is 2. The average Bonchev–Trinajstić information content (AvgIpc) is 2.10. The van der Waals surface area contributed by atoms with Crippen LogP contribution in [-0.4, -0.2) is 42.9 Å². The van der Waals surface area contributed by atoms with E-state index >= 15 is 0 Å². The van der Waals surface area contributed by atoms with Crippen LogP contribution in [0.25, 0.3) is 0 Å².